The van der Waals surface area contributed by atoms with E-state index in [4.69, 9.17) is 4.74 Å². The molecule has 1 aliphatic rings. The van der Waals surface area contributed by atoms with Gasteiger partial charge in [-0.25, -0.2) is 4.39 Å². The number of hydrogen-bond donors (Lipinski definition) is 1. The fraction of sp³-hybridized carbons (Fsp3) is 0.0690. The largest absolute Gasteiger partial charge is 0.484 e. The van der Waals surface area contributed by atoms with Gasteiger partial charge in [-0.1, -0.05) is 54.6 Å². The molecule has 3 amide bonds. The van der Waals surface area contributed by atoms with E-state index in [2.05, 4.69) is 5.32 Å². The summed E-state index contributed by atoms with van der Waals surface area (Å²) < 4.78 is 18.5. The number of hydrogen-bond acceptors (Lipinski definition) is 5. The van der Waals surface area contributed by atoms with E-state index in [1.54, 1.807) is 30.3 Å². The molecule has 4 aromatic carbocycles. The molecule has 1 saturated heterocycles. The highest BCUT2D eigenvalue weighted by Crippen LogP contribution is 2.34. The van der Waals surface area contributed by atoms with E-state index in [0.717, 1.165) is 33.7 Å². The van der Waals surface area contributed by atoms with Gasteiger partial charge in [0.1, 0.15) is 11.6 Å². The van der Waals surface area contributed by atoms with Crippen molar-refractivity contribution in [2.45, 2.75) is 6.54 Å². The van der Waals surface area contributed by atoms with Crippen molar-refractivity contribution >= 4 is 51.4 Å². The van der Waals surface area contributed by atoms with Crippen LogP contribution in [0.1, 0.15) is 11.1 Å². The van der Waals surface area contributed by atoms with E-state index in [-0.39, 0.29) is 36.0 Å². The van der Waals surface area contributed by atoms with Crippen molar-refractivity contribution in [2.75, 3.05) is 11.9 Å². The molecule has 0 spiro atoms. The highest BCUT2D eigenvalue weighted by Gasteiger charge is 2.35. The van der Waals surface area contributed by atoms with Crippen LogP contribution in [0.5, 0.6) is 5.75 Å². The molecule has 1 aliphatic heterocycles. The third-order valence-electron chi connectivity index (χ3n) is 5.76. The Hall–Kier alpha value is -4.43. The molecule has 0 radical (unpaired) electrons. The normalized spacial score (nSPS) is 14.4. The molecular weight excluding hydrogens is 491 g/mol. The Bertz CT molecular complexity index is 1510. The van der Waals surface area contributed by atoms with E-state index in [1.807, 2.05) is 42.5 Å². The van der Waals surface area contributed by atoms with Gasteiger partial charge in [0.15, 0.2) is 6.61 Å². The summed E-state index contributed by atoms with van der Waals surface area (Å²) in [6.45, 7) is -0.0140. The van der Waals surface area contributed by atoms with Crippen LogP contribution in [0.3, 0.4) is 0 Å². The Morgan fingerprint density at radius 1 is 0.919 bits per heavy atom. The lowest BCUT2D eigenvalue weighted by molar-refractivity contribution is -0.123. The number of carbonyl (C=O) groups is 3. The number of nitrogens with one attached hydrogen (secondary N) is 1. The van der Waals surface area contributed by atoms with E-state index >= 15 is 0 Å². The number of imide groups is 1. The molecule has 8 heteroatoms. The predicted octanol–water partition coefficient (Wildman–Crippen LogP) is 6.23. The molecule has 0 atom stereocenters. The fourth-order valence-corrected chi connectivity index (χ4v) is 4.77. The maximum atomic E-state index is 13.0. The van der Waals surface area contributed by atoms with Gasteiger partial charge in [0.25, 0.3) is 17.1 Å². The number of benzene rings is 4. The minimum absolute atomic E-state index is 0.204. The Kier molecular flexibility index (Phi) is 7.00. The number of rotatable bonds is 7. The van der Waals surface area contributed by atoms with E-state index in [0.29, 0.717) is 16.3 Å². The molecule has 1 N–H and O–H groups in total. The van der Waals surface area contributed by atoms with Gasteiger partial charge in [-0.2, -0.15) is 0 Å². The number of halogens is 1. The molecule has 184 valence electrons. The van der Waals surface area contributed by atoms with Gasteiger partial charge >= 0.3 is 0 Å². The maximum absolute atomic E-state index is 13.0. The SMILES string of the molecule is O=C(COc1ccc(/C=C2/SC(=O)N(Cc3cccc4ccccc34)C2=O)cc1)Nc1ccc(F)cc1. The standard InChI is InChI=1S/C29H21FN2O4S/c30-22-10-12-23(13-11-22)31-27(33)18-36-24-14-8-19(9-15-24)16-26-28(34)32(29(35)37-26)17-21-6-3-5-20-4-1-2-7-25(20)21/h1-16H,17-18H2,(H,31,33)/b26-16+. The highest BCUT2D eigenvalue weighted by molar-refractivity contribution is 8.18. The van der Waals surface area contributed by atoms with Crippen molar-refractivity contribution in [3.63, 3.8) is 0 Å². The first-order valence-electron chi connectivity index (χ1n) is 11.5. The van der Waals surface area contributed by atoms with Gasteiger partial charge in [0.2, 0.25) is 0 Å². The number of ether oxygens (including phenoxy) is 1. The number of fused-ring (bicyclic) bond motifs is 1. The van der Waals surface area contributed by atoms with Gasteiger partial charge < -0.3 is 10.1 Å². The minimum Gasteiger partial charge on any atom is -0.484 e. The van der Waals surface area contributed by atoms with Crippen LogP contribution in [0.4, 0.5) is 14.9 Å². The molecule has 1 heterocycles. The van der Waals surface area contributed by atoms with Crippen molar-refractivity contribution in [3.05, 3.63) is 113 Å². The zero-order valence-corrected chi connectivity index (χ0v) is 20.3. The number of thioether (sulfide) groups is 1. The van der Waals surface area contributed by atoms with Crippen molar-refractivity contribution in [1.29, 1.82) is 0 Å². The van der Waals surface area contributed by atoms with Gasteiger partial charge in [-0.3, -0.25) is 19.3 Å². The van der Waals surface area contributed by atoms with Crippen molar-refractivity contribution < 1.29 is 23.5 Å². The van der Waals surface area contributed by atoms with Gasteiger partial charge in [-0.15, -0.1) is 0 Å². The third kappa shape index (κ3) is 5.70. The van der Waals surface area contributed by atoms with Crippen LogP contribution >= 0.6 is 11.8 Å². The van der Waals surface area contributed by atoms with E-state index in [1.165, 1.54) is 29.2 Å². The second kappa shape index (κ2) is 10.7. The summed E-state index contributed by atoms with van der Waals surface area (Å²) in [5.41, 5.74) is 2.10. The molecule has 0 unspecified atom stereocenters. The zero-order valence-electron chi connectivity index (χ0n) is 19.5. The first kappa shape index (κ1) is 24.3. The smallest absolute Gasteiger partial charge is 0.293 e. The Morgan fingerprint density at radius 2 is 1.65 bits per heavy atom. The molecular formula is C29H21FN2O4S. The van der Waals surface area contributed by atoms with Crippen LogP contribution in [0.25, 0.3) is 16.8 Å². The first-order valence-corrected chi connectivity index (χ1v) is 12.3. The Labute approximate surface area is 216 Å². The molecule has 5 rings (SSSR count). The lowest BCUT2D eigenvalue weighted by Gasteiger charge is -2.14. The molecule has 1 fully saturated rings. The van der Waals surface area contributed by atoms with Crippen LogP contribution in [0.15, 0.2) is 95.9 Å². The van der Waals surface area contributed by atoms with Gasteiger partial charge in [-0.05, 0) is 76.1 Å². The van der Waals surface area contributed by atoms with E-state index in [9.17, 15) is 18.8 Å². The lowest BCUT2D eigenvalue weighted by atomic mass is 10.0. The monoisotopic (exact) mass is 512 g/mol. The van der Waals surface area contributed by atoms with Crippen molar-refractivity contribution in [1.82, 2.24) is 4.90 Å². The quantitative estimate of drug-likeness (QED) is 0.297. The van der Waals surface area contributed by atoms with Gasteiger partial charge in [0.05, 0.1) is 11.4 Å². The second-order valence-corrected chi connectivity index (χ2v) is 9.31. The van der Waals surface area contributed by atoms with Crippen molar-refractivity contribution in [3.8, 4) is 5.75 Å². The topological polar surface area (TPSA) is 75.7 Å². The number of carbonyl (C=O) groups excluding carboxylic acids is 3. The zero-order chi connectivity index (χ0) is 25.8. The summed E-state index contributed by atoms with van der Waals surface area (Å²) in [6, 6.07) is 26.0. The van der Waals surface area contributed by atoms with Crippen LogP contribution in [-0.4, -0.2) is 28.6 Å². The molecule has 6 nitrogen and oxygen atoms in total. The molecule has 0 aliphatic carbocycles. The summed E-state index contributed by atoms with van der Waals surface area (Å²) >= 11 is 0.912. The minimum atomic E-state index is -0.385. The molecule has 0 saturated carbocycles. The second-order valence-electron chi connectivity index (χ2n) is 8.32. The Balaban J connectivity index is 1.21. The summed E-state index contributed by atoms with van der Waals surface area (Å²) in [5.74, 6) is -0.629. The van der Waals surface area contributed by atoms with Gasteiger partial charge in [0, 0.05) is 5.69 Å². The predicted molar refractivity (Wildman–Crippen MR) is 142 cm³/mol. The average Bonchev–Trinajstić information content (AvgIpc) is 3.17. The average molecular weight is 513 g/mol. The number of anilines is 1. The molecule has 37 heavy (non-hydrogen) atoms. The summed E-state index contributed by atoms with van der Waals surface area (Å²) in [7, 11) is 0. The Morgan fingerprint density at radius 3 is 2.43 bits per heavy atom. The molecule has 0 bridgehead atoms. The summed E-state index contributed by atoms with van der Waals surface area (Å²) in [6.07, 6.45) is 1.67. The first-order chi connectivity index (χ1) is 18.0. The summed E-state index contributed by atoms with van der Waals surface area (Å²) in [5, 5.41) is 4.38. The van der Waals surface area contributed by atoms with Crippen LogP contribution < -0.4 is 10.1 Å². The number of amides is 3. The van der Waals surface area contributed by atoms with Crippen LogP contribution in [0.2, 0.25) is 0 Å². The molecule has 4 aromatic rings. The third-order valence-corrected chi connectivity index (χ3v) is 6.67. The van der Waals surface area contributed by atoms with Crippen molar-refractivity contribution in [2.24, 2.45) is 0 Å². The van der Waals surface area contributed by atoms with E-state index < -0.39 is 0 Å². The van der Waals surface area contributed by atoms with Crippen LogP contribution in [0, 0.1) is 5.82 Å². The lowest BCUT2D eigenvalue weighted by Crippen LogP contribution is -2.27. The summed E-state index contributed by atoms with van der Waals surface area (Å²) in [4.78, 5) is 39.3. The highest BCUT2D eigenvalue weighted by atomic mass is 32.2. The fourth-order valence-electron chi connectivity index (χ4n) is 3.93. The van der Waals surface area contributed by atoms with Crippen LogP contribution in [-0.2, 0) is 16.1 Å². The maximum Gasteiger partial charge on any atom is 0.293 e. The molecule has 0 aromatic heterocycles. The number of nitrogens with zero attached hydrogens (tertiary/aromatic N) is 1.